The van der Waals surface area contributed by atoms with Crippen LogP contribution in [0.2, 0.25) is 10.0 Å². The fourth-order valence-electron chi connectivity index (χ4n) is 3.61. The summed E-state index contributed by atoms with van der Waals surface area (Å²) in [6.07, 6.45) is 7.59. The molecule has 1 aromatic heterocycles. The number of nitrogens with zero attached hydrogens (tertiary/aromatic N) is 3. The molecule has 0 spiro atoms. The molecule has 1 saturated heterocycles. The normalized spacial score (nSPS) is 16.3. The zero-order valence-electron chi connectivity index (χ0n) is 16.1. The Hall–Kier alpha value is -2.83. The highest BCUT2D eigenvalue weighted by atomic mass is 35.5. The molecule has 0 bridgehead atoms. The number of benzene rings is 2. The number of imidazole rings is 1. The Bertz CT molecular complexity index is 1050. The number of halogens is 2. The lowest BCUT2D eigenvalue weighted by molar-refractivity contribution is -0.121. The molecule has 1 atom stereocenters. The highest BCUT2D eigenvalue weighted by Gasteiger charge is 2.33. The van der Waals surface area contributed by atoms with Crippen LogP contribution in [-0.2, 0) is 4.79 Å². The first-order valence-electron chi connectivity index (χ1n) is 9.68. The van der Waals surface area contributed by atoms with Crippen LogP contribution in [0.3, 0.4) is 0 Å². The smallest absolute Gasteiger partial charge is 0.254 e. The van der Waals surface area contributed by atoms with E-state index in [0.29, 0.717) is 34.3 Å². The van der Waals surface area contributed by atoms with E-state index in [4.69, 9.17) is 23.2 Å². The van der Waals surface area contributed by atoms with E-state index in [1.54, 1.807) is 47.8 Å². The maximum Gasteiger partial charge on any atom is 0.254 e. The third-order valence-corrected chi connectivity index (χ3v) is 5.72. The minimum atomic E-state index is -0.550. The second-order valence-electron chi connectivity index (χ2n) is 7.14. The minimum absolute atomic E-state index is 0.158. The van der Waals surface area contributed by atoms with Crippen LogP contribution in [-0.4, -0.2) is 38.9 Å². The molecule has 2 amide bonds. The molecular weight excluding hydrogens is 423 g/mol. The topological polar surface area (TPSA) is 67.2 Å². The van der Waals surface area contributed by atoms with Crippen molar-refractivity contribution in [3.05, 3.63) is 76.8 Å². The third-order valence-electron chi connectivity index (χ3n) is 5.17. The molecule has 30 heavy (non-hydrogen) atoms. The van der Waals surface area contributed by atoms with Gasteiger partial charge in [0, 0.05) is 35.2 Å². The molecule has 0 saturated carbocycles. The van der Waals surface area contributed by atoms with E-state index in [1.807, 2.05) is 22.9 Å². The fourth-order valence-corrected chi connectivity index (χ4v) is 4.06. The van der Waals surface area contributed by atoms with E-state index >= 15 is 0 Å². The van der Waals surface area contributed by atoms with Crippen LogP contribution in [0, 0.1) is 0 Å². The maximum atomic E-state index is 13.2. The number of anilines is 1. The second-order valence-corrected chi connectivity index (χ2v) is 7.98. The summed E-state index contributed by atoms with van der Waals surface area (Å²) in [5, 5.41) is 3.69. The van der Waals surface area contributed by atoms with E-state index in [0.717, 1.165) is 18.5 Å². The van der Waals surface area contributed by atoms with E-state index in [-0.39, 0.29) is 11.8 Å². The monoisotopic (exact) mass is 442 g/mol. The average molecular weight is 443 g/mol. The predicted molar refractivity (Wildman–Crippen MR) is 117 cm³/mol. The van der Waals surface area contributed by atoms with Gasteiger partial charge in [-0.1, -0.05) is 23.2 Å². The number of likely N-dealkylation sites (tertiary alicyclic amines) is 1. The molecule has 8 heteroatoms. The number of hydrogen-bond acceptors (Lipinski definition) is 3. The molecule has 6 nitrogen and oxygen atoms in total. The van der Waals surface area contributed by atoms with Gasteiger partial charge in [-0.25, -0.2) is 4.98 Å². The summed E-state index contributed by atoms with van der Waals surface area (Å²) in [6.45, 7) is 0.536. The number of amides is 2. The van der Waals surface area contributed by atoms with Crippen LogP contribution in [0.25, 0.3) is 5.69 Å². The lowest BCUT2D eigenvalue weighted by atomic mass is 9.99. The Morgan fingerprint density at radius 1 is 1.07 bits per heavy atom. The summed E-state index contributed by atoms with van der Waals surface area (Å²) in [6, 6.07) is 11.6. The highest BCUT2D eigenvalue weighted by Crippen LogP contribution is 2.27. The number of rotatable bonds is 4. The van der Waals surface area contributed by atoms with Gasteiger partial charge in [0.05, 0.1) is 17.0 Å². The van der Waals surface area contributed by atoms with Gasteiger partial charge >= 0.3 is 0 Å². The Balaban J connectivity index is 1.51. The van der Waals surface area contributed by atoms with Crippen LogP contribution in [0.4, 0.5) is 5.69 Å². The van der Waals surface area contributed by atoms with E-state index in [9.17, 15) is 9.59 Å². The largest absolute Gasteiger partial charge is 0.327 e. The third kappa shape index (κ3) is 4.35. The molecule has 3 aromatic rings. The van der Waals surface area contributed by atoms with Crippen LogP contribution in [0.15, 0.2) is 61.2 Å². The van der Waals surface area contributed by atoms with Gasteiger partial charge in [0.2, 0.25) is 5.91 Å². The molecule has 1 unspecified atom stereocenters. The molecular formula is C22H20Cl2N4O2. The lowest BCUT2D eigenvalue weighted by Crippen LogP contribution is -2.50. The Kier molecular flexibility index (Phi) is 6.06. The summed E-state index contributed by atoms with van der Waals surface area (Å²) >= 11 is 12.1. The van der Waals surface area contributed by atoms with Crippen LogP contribution < -0.4 is 5.32 Å². The first-order chi connectivity index (χ1) is 14.5. The van der Waals surface area contributed by atoms with Crippen molar-refractivity contribution in [2.75, 3.05) is 11.9 Å². The van der Waals surface area contributed by atoms with Gasteiger partial charge < -0.3 is 14.8 Å². The number of carbonyl (C=O) groups is 2. The first-order valence-corrected chi connectivity index (χ1v) is 10.4. The van der Waals surface area contributed by atoms with Crippen molar-refractivity contribution in [1.29, 1.82) is 0 Å². The molecule has 4 rings (SSSR count). The summed E-state index contributed by atoms with van der Waals surface area (Å²) in [7, 11) is 0. The number of aromatic nitrogens is 2. The van der Waals surface area contributed by atoms with Gasteiger partial charge in [-0.05, 0) is 61.7 Å². The quantitative estimate of drug-likeness (QED) is 0.629. The van der Waals surface area contributed by atoms with Gasteiger partial charge in [-0.15, -0.1) is 0 Å². The molecule has 2 aromatic carbocycles. The number of hydrogen-bond donors (Lipinski definition) is 1. The van der Waals surface area contributed by atoms with Crippen molar-refractivity contribution < 1.29 is 9.59 Å². The standard InChI is InChI=1S/C22H20Cl2N4O2/c23-16-6-9-19(18(24)13-16)26-21(29)20-3-1-2-11-28(20)22(30)15-4-7-17(8-5-15)27-12-10-25-14-27/h4-10,12-14,20H,1-3,11H2,(H,26,29). The van der Waals surface area contributed by atoms with Gasteiger partial charge in [0.25, 0.3) is 5.91 Å². The van der Waals surface area contributed by atoms with Crippen molar-refractivity contribution in [3.63, 3.8) is 0 Å². The van der Waals surface area contributed by atoms with Crippen LogP contribution in [0.1, 0.15) is 29.6 Å². The van der Waals surface area contributed by atoms with Gasteiger partial charge in [-0.3, -0.25) is 9.59 Å². The molecule has 2 heterocycles. The zero-order chi connectivity index (χ0) is 21.1. The van der Waals surface area contributed by atoms with Crippen LogP contribution >= 0.6 is 23.2 Å². The first kappa shape index (κ1) is 20.4. The van der Waals surface area contributed by atoms with Crippen molar-refractivity contribution in [2.45, 2.75) is 25.3 Å². The molecule has 154 valence electrons. The highest BCUT2D eigenvalue weighted by molar-refractivity contribution is 6.36. The summed E-state index contributed by atoms with van der Waals surface area (Å²) < 4.78 is 1.86. The minimum Gasteiger partial charge on any atom is -0.327 e. The van der Waals surface area contributed by atoms with Crippen molar-refractivity contribution >= 4 is 40.7 Å². The zero-order valence-corrected chi connectivity index (χ0v) is 17.6. The molecule has 1 aliphatic rings. The van der Waals surface area contributed by atoms with Crippen molar-refractivity contribution in [1.82, 2.24) is 14.5 Å². The molecule has 0 aliphatic carbocycles. The van der Waals surface area contributed by atoms with Gasteiger partial charge in [0.15, 0.2) is 0 Å². The summed E-state index contributed by atoms with van der Waals surface area (Å²) in [5.74, 6) is -0.406. The van der Waals surface area contributed by atoms with Crippen LogP contribution in [0.5, 0.6) is 0 Å². The summed E-state index contributed by atoms with van der Waals surface area (Å²) in [5.41, 5.74) is 1.94. The van der Waals surface area contributed by atoms with Gasteiger partial charge in [0.1, 0.15) is 6.04 Å². The SMILES string of the molecule is O=C(Nc1ccc(Cl)cc1Cl)C1CCCCN1C(=O)c1ccc(-n2ccnc2)cc1. The molecule has 1 N–H and O–H groups in total. The average Bonchev–Trinajstić information content (AvgIpc) is 3.30. The Labute approximate surface area is 184 Å². The van der Waals surface area contributed by atoms with E-state index in [2.05, 4.69) is 10.3 Å². The molecule has 1 aliphatic heterocycles. The number of piperidine rings is 1. The molecule has 1 fully saturated rings. The predicted octanol–water partition coefficient (Wildman–Crippen LogP) is 4.81. The molecule has 0 radical (unpaired) electrons. The van der Waals surface area contributed by atoms with Crippen molar-refractivity contribution in [3.8, 4) is 5.69 Å². The van der Waals surface area contributed by atoms with Gasteiger partial charge in [-0.2, -0.15) is 0 Å². The lowest BCUT2D eigenvalue weighted by Gasteiger charge is -2.35. The summed E-state index contributed by atoms with van der Waals surface area (Å²) in [4.78, 5) is 31.8. The Morgan fingerprint density at radius 3 is 2.57 bits per heavy atom. The maximum absolute atomic E-state index is 13.2. The number of nitrogens with one attached hydrogen (secondary N) is 1. The van der Waals surface area contributed by atoms with E-state index in [1.165, 1.54) is 0 Å². The van der Waals surface area contributed by atoms with E-state index < -0.39 is 6.04 Å². The fraction of sp³-hybridized carbons (Fsp3) is 0.227. The van der Waals surface area contributed by atoms with Crippen molar-refractivity contribution in [2.24, 2.45) is 0 Å². The second kappa shape index (κ2) is 8.90. The number of carbonyl (C=O) groups excluding carboxylic acids is 2. The Morgan fingerprint density at radius 2 is 1.87 bits per heavy atom.